The Morgan fingerprint density at radius 2 is 1.71 bits per heavy atom. The first-order chi connectivity index (χ1) is 10.9. The Hall–Kier alpha value is -0.850. The van der Waals surface area contributed by atoms with Crippen LogP contribution in [0.15, 0.2) is 17.1 Å². The second-order valence-electron chi connectivity index (χ2n) is 5.63. The number of ether oxygens (including phenoxy) is 1. The Labute approximate surface area is 166 Å². The van der Waals surface area contributed by atoms with Crippen LogP contribution in [-0.4, -0.2) is 35.6 Å². The molecule has 0 aromatic rings. The van der Waals surface area contributed by atoms with Crippen LogP contribution >= 0.6 is 0 Å². The van der Waals surface area contributed by atoms with Crippen LogP contribution in [0, 0.1) is 0 Å². The summed E-state index contributed by atoms with van der Waals surface area (Å²) in [5, 5.41) is 20.7. The molecule has 0 bridgehead atoms. The summed E-state index contributed by atoms with van der Waals surface area (Å²) < 4.78 is 4.74. The molecule has 1 unspecified atom stereocenters. The van der Waals surface area contributed by atoms with Crippen LogP contribution in [0.2, 0.25) is 0 Å². The standard InChI is InChI=1S/C17H29NO5.Na/c1-4-5-6-7-8-9-10-11-15(19)18-14(16(20)21)12-23-17(22)13(2)3;/h14H,2,4-12H2,1,3H3,(H,18,19)(H,20,21);/q;+1/p-1. The molecular weight excluding hydrogens is 321 g/mol. The second-order valence-corrected chi connectivity index (χ2v) is 5.63. The fourth-order valence-electron chi connectivity index (χ4n) is 1.91. The van der Waals surface area contributed by atoms with Crippen LogP contribution in [0.3, 0.4) is 0 Å². The predicted octanol–water partition coefficient (Wildman–Crippen LogP) is -0.538. The van der Waals surface area contributed by atoms with Crippen LogP contribution in [-0.2, 0) is 14.3 Å². The smallest absolute Gasteiger partial charge is 0.862 e. The van der Waals surface area contributed by atoms with E-state index in [9.17, 15) is 14.7 Å². The maximum Gasteiger partial charge on any atom is 1.00 e. The molecule has 1 N–H and O–H groups in total. The zero-order valence-corrected chi connectivity index (χ0v) is 17.2. The van der Waals surface area contributed by atoms with Crippen molar-refractivity contribution in [1.29, 1.82) is 0 Å². The molecule has 24 heavy (non-hydrogen) atoms. The van der Waals surface area contributed by atoms with Gasteiger partial charge in [0.15, 0.2) is 6.04 Å². The molecular formula is C17H28NNaO5. The maximum atomic E-state index is 11.7. The largest absolute Gasteiger partial charge is 1.00 e. The van der Waals surface area contributed by atoms with E-state index in [-0.39, 0.29) is 41.6 Å². The Morgan fingerprint density at radius 3 is 2.21 bits per heavy atom. The summed E-state index contributed by atoms with van der Waals surface area (Å²) in [5.74, 6) is -2.43. The number of carbonyl (C=O) groups is 2. The molecule has 0 spiro atoms. The molecule has 0 aliphatic carbocycles. The Bertz CT molecular complexity index is 423. The summed E-state index contributed by atoms with van der Waals surface area (Å²) in [6.45, 7) is 6.56. The number of esters is 1. The molecule has 7 heteroatoms. The minimum atomic E-state index is -1.35. The molecule has 0 aliphatic rings. The van der Waals surface area contributed by atoms with Crippen molar-refractivity contribution < 1.29 is 54.1 Å². The van der Waals surface area contributed by atoms with Gasteiger partial charge in [0.1, 0.15) is 6.61 Å². The number of unbranched alkanes of at least 4 members (excludes halogenated alkanes) is 6. The first-order valence-corrected chi connectivity index (χ1v) is 8.17. The molecule has 0 amide bonds. The predicted molar refractivity (Wildman–Crippen MR) is 87.2 cm³/mol. The fraction of sp³-hybridized carbons (Fsp3) is 0.706. The number of carbonyl (C=O) groups excluding carboxylic acids is 1. The number of aliphatic imine (C=N–C) groups is 1. The molecule has 0 saturated carbocycles. The Balaban J connectivity index is 0. The summed E-state index contributed by atoms with van der Waals surface area (Å²) in [6.07, 6.45) is 7.75. The van der Waals surface area contributed by atoms with Gasteiger partial charge in [-0.15, -0.1) is 0 Å². The molecule has 0 radical (unpaired) electrons. The topological polar surface area (TPSA) is 99.0 Å². The van der Waals surface area contributed by atoms with Gasteiger partial charge in [-0.1, -0.05) is 52.0 Å². The van der Waals surface area contributed by atoms with Crippen LogP contribution in [0.1, 0.15) is 65.2 Å². The van der Waals surface area contributed by atoms with Gasteiger partial charge in [-0.3, -0.25) is 4.99 Å². The van der Waals surface area contributed by atoms with Crippen molar-refractivity contribution in [1.82, 2.24) is 0 Å². The number of rotatable bonds is 13. The maximum absolute atomic E-state index is 11.7. The van der Waals surface area contributed by atoms with Crippen LogP contribution < -0.4 is 34.7 Å². The van der Waals surface area contributed by atoms with Gasteiger partial charge >= 0.3 is 41.5 Å². The molecule has 0 aliphatic heterocycles. The van der Waals surface area contributed by atoms with Crippen molar-refractivity contribution in [2.75, 3.05) is 6.61 Å². The SMILES string of the molecule is C=C(C)C(=O)OCC(N=C([O-])CCCCCCCCC)C(=O)O.[Na+]. The van der Waals surface area contributed by atoms with Gasteiger partial charge in [0.05, 0.1) is 0 Å². The van der Waals surface area contributed by atoms with Crippen molar-refractivity contribution in [3.63, 3.8) is 0 Å². The zero-order valence-electron chi connectivity index (χ0n) is 15.2. The monoisotopic (exact) mass is 349 g/mol. The number of nitrogens with zero attached hydrogens (tertiary/aromatic N) is 1. The summed E-state index contributed by atoms with van der Waals surface area (Å²) >= 11 is 0. The molecule has 0 fully saturated rings. The summed E-state index contributed by atoms with van der Waals surface area (Å²) in [4.78, 5) is 25.9. The molecule has 0 aromatic heterocycles. The summed E-state index contributed by atoms with van der Waals surface area (Å²) in [6, 6.07) is -1.35. The second kappa shape index (κ2) is 15.7. The third kappa shape index (κ3) is 13.6. The van der Waals surface area contributed by atoms with Crippen molar-refractivity contribution in [3.05, 3.63) is 12.2 Å². The van der Waals surface area contributed by atoms with Gasteiger partial charge < -0.3 is 14.9 Å². The van der Waals surface area contributed by atoms with Crippen molar-refractivity contribution in [2.45, 2.75) is 71.3 Å². The van der Waals surface area contributed by atoms with Gasteiger partial charge in [0, 0.05) is 5.57 Å². The fourth-order valence-corrected chi connectivity index (χ4v) is 1.91. The van der Waals surface area contributed by atoms with E-state index >= 15 is 0 Å². The van der Waals surface area contributed by atoms with E-state index in [0.29, 0.717) is 6.42 Å². The van der Waals surface area contributed by atoms with Gasteiger partial charge in [-0.2, -0.15) is 0 Å². The van der Waals surface area contributed by atoms with Gasteiger partial charge in [-0.05, 0) is 25.7 Å². The van der Waals surface area contributed by atoms with Crippen molar-refractivity contribution >= 4 is 17.8 Å². The summed E-state index contributed by atoms with van der Waals surface area (Å²) in [5.41, 5.74) is 0.170. The number of aliphatic carboxylic acids is 1. The van der Waals surface area contributed by atoms with Crippen molar-refractivity contribution in [2.24, 2.45) is 4.99 Å². The van der Waals surface area contributed by atoms with E-state index in [2.05, 4.69) is 18.5 Å². The molecule has 6 nitrogen and oxygen atoms in total. The summed E-state index contributed by atoms with van der Waals surface area (Å²) in [7, 11) is 0. The average molecular weight is 349 g/mol. The van der Waals surface area contributed by atoms with Crippen LogP contribution in [0.5, 0.6) is 0 Å². The van der Waals surface area contributed by atoms with Gasteiger partial charge in [0.2, 0.25) is 0 Å². The number of carboxylic acid groups (broad SMARTS) is 1. The number of hydrogen-bond acceptors (Lipinski definition) is 5. The van der Waals surface area contributed by atoms with E-state index < -0.39 is 30.5 Å². The van der Waals surface area contributed by atoms with E-state index in [1.807, 2.05) is 0 Å². The average Bonchev–Trinajstić information content (AvgIpc) is 2.49. The molecule has 0 rings (SSSR count). The minimum absolute atomic E-state index is 0. The Morgan fingerprint density at radius 1 is 1.17 bits per heavy atom. The van der Waals surface area contributed by atoms with Gasteiger partial charge in [-0.25, -0.2) is 9.59 Å². The van der Waals surface area contributed by atoms with Gasteiger partial charge in [0.25, 0.3) is 0 Å². The molecule has 0 aromatic carbocycles. The first-order valence-electron chi connectivity index (χ1n) is 8.17. The molecule has 132 valence electrons. The van der Waals surface area contributed by atoms with E-state index in [0.717, 1.165) is 19.3 Å². The van der Waals surface area contributed by atoms with E-state index in [4.69, 9.17) is 9.84 Å². The van der Waals surface area contributed by atoms with E-state index in [1.165, 1.54) is 26.2 Å². The third-order valence-electron chi connectivity index (χ3n) is 3.30. The molecule has 1 atom stereocenters. The van der Waals surface area contributed by atoms with Crippen molar-refractivity contribution in [3.8, 4) is 0 Å². The van der Waals surface area contributed by atoms with E-state index in [1.54, 1.807) is 0 Å². The minimum Gasteiger partial charge on any atom is -0.862 e. The third-order valence-corrected chi connectivity index (χ3v) is 3.30. The molecule has 0 heterocycles. The quantitative estimate of drug-likeness (QED) is 0.120. The normalized spacial score (nSPS) is 12.2. The molecule has 0 saturated heterocycles. The number of carboxylic acids is 1. The first kappa shape index (κ1) is 25.4. The zero-order chi connectivity index (χ0) is 17.7. The van der Waals surface area contributed by atoms with Crippen LogP contribution in [0.4, 0.5) is 0 Å². The van der Waals surface area contributed by atoms with Crippen LogP contribution in [0.25, 0.3) is 0 Å². The number of hydrogen-bond donors (Lipinski definition) is 1. The Kier molecular flexibility index (Phi) is 16.6.